The summed E-state index contributed by atoms with van der Waals surface area (Å²) < 4.78 is 0. The lowest BCUT2D eigenvalue weighted by Crippen LogP contribution is -2.49. The third-order valence-corrected chi connectivity index (χ3v) is 5.62. The number of hydrogen-bond donors (Lipinski definition) is 0. The molecule has 0 unspecified atom stereocenters. The standard InChI is InChI=1S/C22H26N2O/c1-16-8-9-21(17(2)14-16)23-10-12-24(13-11-23)22(25)20-15-19(20)18-6-4-3-5-7-18/h3-9,14,19-20H,10-13,15H2,1-2H3/t19-,20+/m1/s1. The molecule has 0 radical (unpaired) electrons. The third-order valence-electron chi connectivity index (χ3n) is 5.62. The van der Waals surface area contributed by atoms with Crippen molar-refractivity contribution in [1.29, 1.82) is 0 Å². The average molecular weight is 334 g/mol. The fraction of sp³-hybridized carbons (Fsp3) is 0.409. The van der Waals surface area contributed by atoms with Crippen LogP contribution in [0.2, 0.25) is 0 Å². The van der Waals surface area contributed by atoms with E-state index in [-0.39, 0.29) is 5.92 Å². The third kappa shape index (κ3) is 3.28. The molecule has 3 nitrogen and oxygen atoms in total. The summed E-state index contributed by atoms with van der Waals surface area (Å²) in [5.41, 5.74) is 5.25. The predicted octanol–water partition coefficient (Wildman–Crippen LogP) is 3.76. The number of aryl methyl sites for hydroxylation is 2. The van der Waals surface area contributed by atoms with Gasteiger partial charge in [0.2, 0.25) is 5.91 Å². The van der Waals surface area contributed by atoms with Crippen LogP contribution in [-0.2, 0) is 4.79 Å². The Morgan fingerprint density at radius 2 is 1.68 bits per heavy atom. The number of nitrogens with zero attached hydrogens (tertiary/aromatic N) is 2. The number of amides is 1. The summed E-state index contributed by atoms with van der Waals surface area (Å²) in [7, 11) is 0. The Morgan fingerprint density at radius 3 is 2.36 bits per heavy atom. The summed E-state index contributed by atoms with van der Waals surface area (Å²) in [6.07, 6.45) is 1.01. The molecule has 3 heteroatoms. The van der Waals surface area contributed by atoms with Gasteiger partial charge >= 0.3 is 0 Å². The molecule has 1 heterocycles. The molecular weight excluding hydrogens is 308 g/mol. The molecule has 0 spiro atoms. The maximum atomic E-state index is 12.8. The average Bonchev–Trinajstić information content (AvgIpc) is 3.43. The Bertz CT molecular complexity index is 763. The van der Waals surface area contributed by atoms with Gasteiger partial charge in [0, 0.05) is 37.8 Å². The van der Waals surface area contributed by atoms with Crippen molar-refractivity contribution >= 4 is 11.6 Å². The summed E-state index contributed by atoms with van der Waals surface area (Å²) in [4.78, 5) is 17.3. The Labute approximate surface area is 150 Å². The maximum absolute atomic E-state index is 12.8. The normalized spacial score (nSPS) is 22.8. The van der Waals surface area contributed by atoms with E-state index < -0.39 is 0 Å². The fourth-order valence-corrected chi connectivity index (χ4v) is 4.10. The minimum atomic E-state index is 0.204. The highest BCUT2D eigenvalue weighted by Gasteiger charge is 2.45. The van der Waals surface area contributed by atoms with E-state index in [9.17, 15) is 4.79 Å². The SMILES string of the molecule is Cc1ccc(N2CCN(C(=O)[C@H]3C[C@@H]3c3ccccc3)CC2)c(C)c1. The second-order valence-electron chi connectivity index (χ2n) is 7.46. The van der Waals surface area contributed by atoms with Gasteiger partial charge in [-0.2, -0.15) is 0 Å². The van der Waals surface area contributed by atoms with Crippen LogP contribution < -0.4 is 4.90 Å². The topological polar surface area (TPSA) is 23.6 Å². The second kappa shape index (κ2) is 6.55. The molecule has 0 aromatic heterocycles. The van der Waals surface area contributed by atoms with E-state index in [1.807, 2.05) is 6.07 Å². The van der Waals surface area contributed by atoms with Crippen LogP contribution in [0.25, 0.3) is 0 Å². The highest BCUT2D eigenvalue weighted by Crippen LogP contribution is 2.48. The van der Waals surface area contributed by atoms with E-state index in [0.717, 1.165) is 32.6 Å². The van der Waals surface area contributed by atoms with Crippen LogP contribution in [0.5, 0.6) is 0 Å². The van der Waals surface area contributed by atoms with Gasteiger partial charge in [0.05, 0.1) is 0 Å². The lowest BCUT2D eigenvalue weighted by molar-refractivity contribution is -0.132. The van der Waals surface area contributed by atoms with Gasteiger partial charge in [0.25, 0.3) is 0 Å². The largest absolute Gasteiger partial charge is 0.368 e. The number of piperazine rings is 1. The van der Waals surface area contributed by atoms with Gasteiger partial charge in [0.1, 0.15) is 0 Å². The van der Waals surface area contributed by atoms with Crippen molar-refractivity contribution in [1.82, 2.24) is 4.90 Å². The number of anilines is 1. The first-order chi connectivity index (χ1) is 12.1. The van der Waals surface area contributed by atoms with E-state index in [2.05, 4.69) is 66.1 Å². The van der Waals surface area contributed by atoms with E-state index in [1.165, 1.54) is 22.4 Å². The first kappa shape index (κ1) is 16.2. The van der Waals surface area contributed by atoms with Crippen LogP contribution in [0.3, 0.4) is 0 Å². The zero-order valence-electron chi connectivity index (χ0n) is 15.1. The molecule has 2 aliphatic rings. The molecule has 1 saturated carbocycles. The Morgan fingerprint density at radius 1 is 0.960 bits per heavy atom. The molecule has 1 aliphatic heterocycles. The fourth-order valence-electron chi connectivity index (χ4n) is 4.10. The van der Waals surface area contributed by atoms with Crippen LogP contribution in [0.1, 0.15) is 29.0 Å². The number of hydrogen-bond acceptors (Lipinski definition) is 2. The minimum absolute atomic E-state index is 0.204. The molecule has 4 rings (SSSR count). The van der Waals surface area contributed by atoms with Crippen LogP contribution in [0.15, 0.2) is 48.5 Å². The second-order valence-corrected chi connectivity index (χ2v) is 7.46. The molecule has 1 aliphatic carbocycles. The molecule has 130 valence electrons. The molecule has 1 amide bonds. The number of benzene rings is 2. The zero-order chi connectivity index (χ0) is 17.4. The molecule has 1 saturated heterocycles. The summed E-state index contributed by atoms with van der Waals surface area (Å²) in [5, 5.41) is 0. The van der Waals surface area contributed by atoms with Gasteiger partial charge in [-0.05, 0) is 43.4 Å². The highest BCUT2D eigenvalue weighted by molar-refractivity contribution is 5.83. The molecule has 2 aromatic rings. The quantitative estimate of drug-likeness (QED) is 0.853. The monoisotopic (exact) mass is 334 g/mol. The van der Waals surface area contributed by atoms with Crippen molar-refractivity contribution in [2.45, 2.75) is 26.2 Å². The smallest absolute Gasteiger partial charge is 0.226 e. The van der Waals surface area contributed by atoms with Gasteiger partial charge in [0.15, 0.2) is 0 Å². The molecule has 0 N–H and O–H groups in total. The number of carbonyl (C=O) groups excluding carboxylic acids is 1. The molecule has 2 aromatic carbocycles. The summed E-state index contributed by atoms with van der Waals surface area (Å²) in [5.74, 6) is 0.996. The van der Waals surface area contributed by atoms with E-state index in [1.54, 1.807) is 0 Å². The van der Waals surface area contributed by atoms with E-state index in [4.69, 9.17) is 0 Å². The predicted molar refractivity (Wildman–Crippen MR) is 102 cm³/mol. The van der Waals surface area contributed by atoms with Gasteiger partial charge in [-0.15, -0.1) is 0 Å². The van der Waals surface area contributed by atoms with Gasteiger partial charge < -0.3 is 9.80 Å². The number of carbonyl (C=O) groups is 1. The van der Waals surface area contributed by atoms with Crippen molar-refractivity contribution in [3.63, 3.8) is 0 Å². The van der Waals surface area contributed by atoms with Crippen molar-refractivity contribution in [2.24, 2.45) is 5.92 Å². The Balaban J connectivity index is 1.35. The molecule has 0 bridgehead atoms. The molecule has 2 atom stereocenters. The first-order valence-electron chi connectivity index (χ1n) is 9.29. The molecule has 2 fully saturated rings. The Hall–Kier alpha value is -2.29. The molecule has 25 heavy (non-hydrogen) atoms. The minimum Gasteiger partial charge on any atom is -0.368 e. The van der Waals surface area contributed by atoms with Gasteiger partial charge in [-0.3, -0.25) is 4.79 Å². The lowest BCUT2D eigenvalue weighted by Gasteiger charge is -2.37. The van der Waals surface area contributed by atoms with Crippen LogP contribution in [-0.4, -0.2) is 37.0 Å². The van der Waals surface area contributed by atoms with E-state index in [0.29, 0.717) is 11.8 Å². The van der Waals surface area contributed by atoms with Crippen molar-refractivity contribution in [3.8, 4) is 0 Å². The summed E-state index contributed by atoms with van der Waals surface area (Å²) >= 11 is 0. The maximum Gasteiger partial charge on any atom is 0.226 e. The molecular formula is C22H26N2O. The number of rotatable bonds is 3. The first-order valence-corrected chi connectivity index (χ1v) is 9.29. The van der Waals surface area contributed by atoms with Crippen molar-refractivity contribution in [2.75, 3.05) is 31.1 Å². The highest BCUT2D eigenvalue weighted by atomic mass is 16.2. The Kier molecular flexibility index (Phi) is 4.24. The zero-order valence-corrected chi connectivity index (χ0v) is 15.1. The van der Waals surface area contributed by atoms with Crippen LogP contribution in [0.4, 0.5) is 5.69 Å². The summed E-state index contributed by atoms with van der Waals surface area (Å²) in [6, 6.07) is 17.1. The van der Waals surface area contributed by atoms with Gasteiger partial charge in [-0.1, -0.05) is 48.0 Å². The summed E-state index contributed by atoms with van der Waals surface area (Å²) in [6.45, 7) is 7.84. The van der Waals surface area contributed by atoms with E-state index >= 15 is 0 Å². The van der Waals surface area contributed by atoms with Crippen molar-refractivity contribution < 1.29 is 4.79 Å². The van der Waals surface area contributed by atoms with Crippen molar-refractivity contribution in [3.05, 3.63) is 65.2 Å². The van der Waals surface area contributed by atoms with Gasteiger partial charge in [-0.25, -0.2) is 0 Å². The lowest BCUT2D eigenvalue weighted by atomic mass is 10.1. The van der Waals surface area contributed by atoms with Crippen LogP contribution in [0, 0.1) is 19.8 Å². The van der Waals surface area contributed by atoms with Crippen LogP contribution >= 0.6 is 0 Å².